The highest BCUT2D eigenvalue weighted by Crippen LogP contribution is 2.17. The van der Waals surface area contributed by atoms with Gasteiger partial charge in [0, 0.05) is 11.8 Å². The number of hydrogen-bond acceptors (Lipinski definition) is 7. The van der Waals surface area contributed by atoms with Crippen LogP contribution in [0.5, 0.6) is 0 Å². The Balaban J connectivity index is 1.64. The van der Waals surface area contributed by atoms with Crippen LogP contribution in [0.25, 0.3) is 11.4 Å². The molecule has 0 N–H and O–H groups in total. The minimum Gasteiger partial charge on any atom is -0.452 e. The van der Waals surface area contributed by atoms with Crippen LogP contribution in [-0.4, -0.2) is 30.8 Å². The van der Waals surface area contributed by atoms with E-state index >= 15 is 0 Å². The van der Waals surface area contributed by atoms with Gasteiger partial charge in [0.15, 0.2) is 16.4 Å². The second-order valence-corrected chi connectivity index (χ2v) is 7.77. The number of nitrogens with zero attached hydrogens (tertiary/aromatic N) is 2. The fourth-order valence-corrected chi connectivity index (χ4v) is 2.81. The molecule has 0 aliphatic heterocycles. The lowest BCUT2D eigenvalue weighted by atomic mass is 10.1. The SMILES string of the molecule is Cc1ccc(-c2noc(COC(=O)c3ccc(S(C)(=O)=O)cc3)n2)cc1. The molecule has 0 radical (unpaired) electrons. The van der Waals surface area contributed by atoms with Crippen LogP contribution in [0.1, 0.15) is 21.8 Å². The van der Waals surface area contributed by atoms with Gasteiger partial charge in [-0.15, -0.1) is 0 Å². The second kappa shape index (κ2) is 7.09. The van der Waals surface area contributed by atoms with Crippen LogP contribution in [0.15, 0.2) is 57.9 Å². The van der Waals surface area contributed by atoms with E-state index in [1.807, 2.05) is 31.2 Å². The minimum absolute atomic E-state index is 0.133. The number of benzene rings is 2. The highest BCUT2D eigenvalue weighted by molar-refractivity contribution is 7.90. The topological polar surface area (TPSA) is 99.4 Å². The molecule has 2 aromatic carbocycles. The Labute approximate surface area is 150 Å². The normalized spacial score (nSPS) is 11.3. The predicted octanol–water partition coefficient (Wildman–Crippen LogP) is 2.81. The van der Waals surface area contributed by atoms with E-state index < -0.39 is 15.8 Å². The standard InChI is InChI=1S/C18H16N2O5S/c1-12-3-5-13(6-4-12)17-19-16(25-20-17)11-24-18(21)14-7-9-15(10-8-14)26(2,22)23/h3-10H,11H2,1-2H3. The molecule has 0 spiro atoms. The third kappa shape index (κ3) is 4.15. The first-order chi connectivity index (χ1) is 12.3. The zero-order valence-electron chi connectivity index (χ0n) is 14.2. The van der Waals surface area contributed by atoms with Gasteiger partial charge in [0.25, 0.3) is 5.89 Å². The van der Waals surface area contributed by atoms with Crippen LogP contribution < -0.4 is 0 Å². The van der Waals surface area contributed by atoms with Gasteiger partial charge in [-0.1, -0.05) is 35.0 Å². The molecule has 0 fully saturated rings. The maximum atomic E-state index is 12.0. The number of rotatable bonds is 5. The van der Waals surface area contributed by atoms with Gasteiger partial charge in [-0.25, -0.2) is 13.2 Å². The van der Waals surface area contributed by atoms with Gasteiger partial charge >= 0.3 is 5.97 Å². The molecule has 8 heteroatoms. The van der Waals surface area contributed by atoms with Crippen molar-refractivity contribution in [3.05, 3.63) is 65.5 Å². The zero-order valence-corrected chi connectivity index (χ0v) is 15.0. The predicted molar refractivity (Wildman–Crippen MR) is 93.1 cm³/mol. The van der Waals surface area contributed by atoms with Gasteiger partial charge in [0.2, 0.25) is 5.82 Å². The van der Waals surface area contributed by atoms with Gasteiger partial charge in [-0.05, 0) is 31.2 Å². The molecule has 1 heterocycles. The molecule has 0 saturated carbocycles. The minimum atomic E-state index is -3.31. The summed E-state index contributed by atoms with van der Waals surface area (Å²) in [4.78, 5) is 16.4. The number of ether oxygens (including phenoxy) is 1. The molecule has 1 aromatic heterocycles. The fraction of sp³-hybridized carbons (Fsp3) is 0.167. The van der Waals surface area contributed by atoms with Gasteiger partial charge < -0.3 is 9.26 Å². The smallest absolute Gasteiger partial charge is 0.338 e. The quantitative estimate of drug-likeness (QED) is 0.635. The Morgan fingerprint density at radius 1 is 1.08 bits per heavy atom. The van der Waals surface area contributed by atoms with Crippen molar-refractivity contribution in [1.82, 2.24) is 10.1 Å². The molecule has 3 rings (SSSR count). The van der Waals surface area contributed by atoms with Crippen LogP contribution >= 0.6 is 0 Å². The summed E-state index contributed by atoms with van der Waals surface area (Å²) < 4.78 is 33.0. The largest absolute Gasteiger partial charge is 0.452 e. The number of aryl methyl sites for hydroxylation is 1. The first-order valence-corrected chi connectivity index (χ1v) is 9.59. The number of sulfone groups is 1. The van der Waals surface area contributed by atoms with Gasteiger partial charge in [-0.2, -0.15) is 4.98 Å². The lowest BCUT2D eigenvalue weighted by Crippen LogP contribution is -2.06. The lowest BCUT2D eigenvalue weighted by Gasteiger charge is -2.03. The molecule has 0 unspecified atom stereocenters. The molecular formula is C18H16N2O5S. The fourth-order valence-electron chi connectivity index (χ4n) is 2.18. The Bertz CT molecular complexity index is 1020. The van der Waals surface area contributed by atoms with E-state index in [-0.39, 0.29) is 23.0 Å². The molecular weight excluding hydrogens is 356 g/mol. The maximum absolute atomic E-state index is 12.0. The van der Waals surface area contributed by atoms with Crippen molar-refractivity contribution in [3.63, 3.8) is 0 Å². The number of carbonyl (C=O) groups excluding carboxylic acids is 1. The molecule has 0 aliphatic carbocycles. The molecule has 0 aliphatic rings. The van der Waals surface area contributed by atoms with Gasteiger partial charge in [-0.3, -0.25) is 0 Å². The molecule has 0 amide bonds. The van der Waals surface area contributed by atoms with E-state index in [1.165, 1.54) is 24.3 Å². The summed E-state index contributed by atoms with van der Waals surface area (Å²) in [5.74, 6) is -0.0321. The number of hydrogen-bond donors (Lipinski definition) is 0. The van der Waals surface area contributed by atoms with Crippen molar-refractivity contribution in [3.8, 4) is 11.4 Å². The van der Waals surface area contributed by atoms with Crippen molar-refractivity contribution in [2.45, 2.75) is 18.4 Å². The number of esters is 1. The van der Waals surface area contributed by atoms with Crippen LogP contribution in [-0.2, 0) is 21.2 Å². The monoisotopic (exact) mass is 372 g/mol. The highest BCUT2D eigenvalue weighted by Gasteiger charge is 2.14. The van der Waals surface area contributed by atoms with Crippen molar-refractivity contribution in [2.75, 3.05) is 6.26 Å². The van der Waals surface area contributed by atoms with E-state index in [0.29, 0.717) is 5.82 Å². The third-order valence-corrected chi connectivity index (χ3v) is 4.75. The molecule has 3 aromatic rings. The molecule has 0 bridgehead atoms. The molecule has 0 saturated heterocycles. The lowest BCUT2D eigenvalue weighted by molar-refractivity contribution is 0.0429. The summed E-state index contributed by atoms with van der Waals surface area (Å²) in [6.07, 6.45) is 1.10. The first-order valence-electron chi connectivity index (χ1n) is 7.70. The molecule has 134 valence electrons. The van der Waals surface area contributed by atoms with Gasteiger partial charge in [0.1, 0.15) is 0 Å². The summed E-state index contributed by atoms with van der Waals surface area (Å²) >= 11 is 0. The average molecular weight is 372 g/mol. The van der Waals surface area contributed by atoms with Crippen molar-refractivity contribution in [2.24, 2.45) is 0 Å². The summed E-state index contributed by atoms with van der Waals surface area (Å²) in [6, 6.07) is 13.1. The zero-order chi connectivity index (χ0) is 18.7. The van der Waals surface area contributed by atoms with E-state index in [9.17, 15) is 13.2 Å². The van der Waals surface area contributed by atoms with Crippen molar-refractivity contribution < 1.29 is 22.5 Å². The van der Waals surface area contributed by atoms with Crippen LogP contribution in [0.3, 0.4) is 0 Å². The Morgan fingerprint density at radius 2 is 1.73 bits per heavy atom. The van der Waals surface area contributed by atoms with Crippen LogP contribution in [0, 0.1) is 6.92 Å². The highest BCUT2D eigenvalue weighted by atomic mass is 32.2. The summed E-state index contributed by atoms with van der Waals surface area (Å²) in [5.41, 5.74) is 2.15. The summed E-state index contributed by atoms with van der Waals surface area (Å²) in [6.45, 7) is 1.80. The third-order valence-electron chi connectivity index (χ3n) is 3.62. The summed E-state index contributed by atoms with van der Waals surface area (Å²) in [5, 5.41) is 3.86. The number of aromatic nitrogens is 2. The second-order valence-electron chi connectivity index (χ2n) is 5.75. The van der Waals surface area contributed by atoms with E-state index in [2.05, 4.69) is 10.1 Å². The summed E-state index contributed by atoms with van der Waals surface area (Å²) in [7, 11) is -3.31. The first kappa shape index (κ1) is 17.8. The maximum Gasteiger partial charge on any atom is 0.338 e. The van der Waals surface area contributed by atoms with E-state index in [0.717, 1.165) is 17.4 Å². The van der Waals surface area contributed by atoms with E-state index in [1.54, 1.807) is 0 Å². The molecule has 7 nitrogen and oxygen atoms in total. The number of carbonyl (C=O) groups is 1. The van der Waals surface area contributed by atoms with Crippen LogP contribution in [0.4, 0.5) is 0 Å². The van der Waals surface area contributed by atoms with E-state index in [4.69, 9.17) is 9.26 Å². The van der Waals surface area contributed by atoms with Crippen LogP contribution in [0.2, 0.25) is 0 Å². The Morgan fingerprint density at radius 3 is 2.35 bits per heavy atom. The molecule has 0 atom stereocenters. The van der Waals surface area contributed by atoms with Gasteiger partial charge in [0.05, 0.1) is 10.5 Å². The Hall–Kier alpha value is -3.00. The molecule has 26 heavy (non-hydrogen) atoms. The van der Waals surface area contributed by atoms with Crippen molar-refractivity contribution >= 4 is 15.8 Å². The average Bonchev–Trinajstić information content (AvgIpc) is 3.08. The Kier molecular flexibility index (Phi) is 4.85. The van der Waals surface area contributed by atoms with Crippen molar-refractivity contribution in [1.29, 1.82) is 0 Å².